The molecule has 0 fully saturated rings. The Hall–Kier alpha value is -2.95. The molecule has 2 aromatic carbocycles. The first kappa shape index (κ1) is 14.0. The molecular formula is C17H15NO4. The Balaban J connectivity index is 2.20. The SMILES string of the molecule is Cc1cc(N)c2c(c1)C(C=O)C(O)=C(c1cccc(O)c1)O2. The minimum Gasteiger partial charge on any atom is -0.508 e. The van der Waals surface area contributed by atoms with Gasteiger partial charge in [0.05, 0.1) is 5.69 Å². The van der Waals surface area contributed by atoms with Crippen LogP contribution in [0.25, 0.3) is 5.76 Å². The van der Waals surface area contributed by atoms with E-state index in [1.165, 1.54) is 12.1 Å². The standard InChI is InChI=1S/C17H15NO4/c1-9-5-12-13(8-19)15(21)16(22-17(12)14(18)6-9)10-3-2-4-11(20)7-10/h2-8,13,20-21H,18H2,1H3. The molecular weight excluding hydrogens is 282 g/mol. The molecule has 5 nitrogen and oxygen atoms in total. The number of hydrogen-bond acceptors (Lipinski definition) is 5. The van der Waals surface area contributed by atoms with E-state index in [0.29, 0.717) is 28.8 Å². The Labute approximate surface area is 127 Å². The third kappa shape index (κ3) is 2.16. The van der Waals surface area contributed by atoms with E-state index >= 15 is 0 Å². The van der Waals surface area contributed by atoms with Crippen LogP contribution in [0.1, 0.15) is 22.6 Å². The second kappa shape index (κ2) is 5.11. The fraction of sp³-hybridized carbons (Fsp3) is 0.118. The Bertz CT molecular complexity index is 795. The highest BCUT2D eigenvalue weighted by molar-refractivity contribution is 5.82. The summed E-state index contributed by atoms with van der Waals surface area (Å²) in [6.45, 7) is 1.85. The summed E-state index contributed by atoms with van der Waals surface area (Å²) in [5, 5.41) is 20.0. The number of allylic oxidation sites excluding steroid dienone is 1. The number of benzene rings is 2. The van der Waals surface area contributed by atoms with E-state index < -0.39 is 5.92 Å². The number of rotatable bonds is 2. The van der Waals surface area contributed by atoms with Crippen LogP contribution in [-0.4, -0.2) is 16.5 Å². The number of carbonyl (C=O) groups is 1. The van der Waals surface area contributed by atoms with E-state index in [9.17, 15) is 15.0 Å². The van der Waals surface area contributed by atoms with Crippen molar-refractivity contribution in [3.8, 4) is 11.5 Å². The van der Waals surface area contributed by atoms with Crippen LogP contribution in [0.4, 0.5) is 5.69 Å². The maximum absolute atomic E-state index is 11.5. The summed E-state index contributed by atoms with van der Waals surface area (Å²) >= 11 is 0. The van der Waals surface area contributed by atoms with E-state index in [4.69, 9.17) is 10.5 Å². The predicted molar refractivity (Wildman–Crippen MR) is 82.7 cm³/mol. The highest BCUT2D eigenvalue weighted by atomic mass is 16.5. The Morgan fingerprint density at radius 3 is 2.68 bits per heavy atom. The second-order valence-corrected chi connectivity index (χ2v) is 5.25. The van der Waals surface area contributed by atoms with E-state index in [2.05, 4.69) is 0 Å². The summed E-state index contributed by atoms with van der Waals surface area (Å²) in [5.41, 5.74) is 8.25. The Kier molecular flexibility index (Phi) is 3.25. The average Bonchev–Trinajstić information content (AvgIpc) is 2.46. The number of aliphatic hydroxyl groups is 1. The van der Waals surface area contributed by atoms with Crippen LogP contribution in [0.3, 0.4) is 0 Å². The van der Waals surface area contributed by atoms with Crippen LogP contribution >= 0.6 is 0 Å². The first-order valence-corrected chi connectivity index (χ1v) is 6.77. The number of aliphatic hydroxyl groups excluding tert-OH is 1. The number of nitrogen functional groups attached to an aromatic ring is 1. The molecule has 1 unspecified atom stereocenters. The average molecular weight is 297 g/mol. The highest BCUT2D eigenvalue weighted by Crippen LogP contribution is 2.44. The maximum atomic E-state index is 11.5. The molecule has 1 atom stereocenters. The van der Waals surface area contributed by atoms with E-state index in [0.717, 1.165) is 5.56 Å². The molecule has 112 valence electrons. The van der Waals surface area contributed by atoms with Crippen molar-refractivity contribution in [3.63, 3.8) is 0 Å². The van der Waals surface area contributed by atoms with Crippen LogP contribution in [-0.2, 0) is 4.79 Å². The smallest absolute Gasteiger partial charge is 0.173 e. The number of fused-ring (bicyclic) bond motifs is 1. The number of nitrogens with two attached hydrogens (primary N) is 1. The molecule has 0 saturated carbocycles. The number of aldehydes is 1. The van der Waals surface area contributed by atoms with Crippen molar-refractivity contribution in [1.82, 2.24) is 0 Å². The quantitative estimate of drug-likeness (QED) is 0.585. The molecule has 4 N–H and O–H groups in total. The molecule has 3 rings (SSSR count). The summed E-state index contributed by atoms with van der Waals surface area (Å²) in [7, 11) is 0. The van der Waals surface area contributed by atoms with Gasteiger partial charge >= 0.3 is 0 Å². The topological polar surface area (TPSA) is 92.8 Å². The van der Waals surface area contributed by atoms with Crippen molar-refractivity contribution in [2.24, 2.45) is 0 Å². The molecule has 1 aliphatic heterocycles. The fourth-order valence-corrected chi connectivity index (χ4v) is 2.61. The van der Waals surface area contributed by atoms with Gasteiger partial charge in [-0.3, -0.25) is 0 Å². The van der Waals surface area contributed by atoms with E-state index in [1.54, 1.807) is 24.3 Å². The van der Waals surface area contributed by atoms with Crippen molar-refractivity contribution in [1.29, 1.82) is 0 Å². The van der Waals surface area contributed by atoms with Crippen LogP contribution in [0.5, 0.6) is 11.5 Å². The van der Waals surface area contributed by atoms with Crippen LogP contribution in [0, 0.1) is 6.92 Å². The fourth-order valence-electron chi connectivity index (χ4n) is 2.61. The molecule has 1 aliphatic rings. The van der Waals surface area contributed by atoms with Gasteiger partial charge in [0, 0.05) is 11.1 Å². The molecule has 1 heterocycles. The Morgan fingerprint density at radius 1 is 1.23 bits per heavy atom. The van der Waals surface area contributed by atoms with Crippen molar-refractivity contribution >= 4 is 17.7 Å². The zero-order chi connectivity index (χ0) is 15.9. The van der Waals surface area contributed by atoms with Gasteiger partial charge in [-0.25, -0.2) is 0 Å². The summed E-state index contributed by atoms with van der Waals surface area (Å²) in [6.07, 6.45) is 0.651. The summed E-state index contributed by atoms with van der Waals surface area (Å²) in [6, 6.07) is 9.75. The van der Waals surface area contributed by atoms with Crippen LogP contribution < -0.4 is 10.5 Å². The number of ether oxygens (including phenoxy) is 1. The number of aryl methyl sites for hydroxylation is 1. The minimum atomic E-state index is -0.844. The summed E-state index contributed by atoms with van der Waals surface area (Å²) < 4.78 is 5.74. The molecule has 0 aliphatic carbocycles. The number of phenolic OH excluding ortho intramolecular Hbond substituents is 1. The molecule has 5 heteroatoms. The van der Waals surface area contributed by atoms with Crippen LogP contribution in [0.2, 0.25) is 0 Å². The van der Waals surface area contributed by atoms with Gasteiger partial charge < -0.3 is 25.5 Å². The molecule has 0 spiro atoms. The van der Waals surface area contributed by atoms with Gasteiger partial charge in [0.1, 0.15) is 18.0 Å². The molecule has 0 aromatic heterocycles. The number of anilines is 1. The zero-order valence-corrected chi connectivity index (χ0v) is 11.9. The van der Waals surface area contributed by atoms with Gasteiger partial charge in [0.25, 0.3) is 0 Å². The van der Waals surface area contributed by atoms with Gasteiger partial charge in [-0.15, -0.1) is 0 Å². The summed E-state index contributed by atoms with van der Waals surface area (Å²) in [5.74, 6) is -0.525. The lowest BCUT2D eigenvalue weighted by Gasteiger charge is -2.26. The Morgan fingerprint density at radius 2 is 2.00 bits per heavy atom. The van der Waals surface area contributed by atoms with Crippen molar-refractivity contribution in [3.05, 3.63) is 58.8 Å². The molecule has 0 amide bonds. The lowest BCUT2D eigenvalue weighted by molar-refractivity contribution is -0.109. The number of hydrogen-bond donors (Lipinski definition) is 3. The van der Waals surface area contributed by atoms with Gasteiger partial charge in [-0.05, 0) is 30.7 Å². The second-order valence-electron chi connectivity index (χ2n) is 5.25. The lowest BCUT2D eigenvalue weighted by atomic mass is 9.91. The first-order chi connectivity index (χ1) is 10.5. The third-order valence-electron chi connectivity index (χ3n) is 3.60. The lowest BCUT2D eigenvalue weighted by Crippen LogP contribution is -2.17. The zero-order valence-electron chi connectivity index (χ0n) is 11.9. The third-order valence-corrected chi connectivity index (χ3v) is 3.60. The predicted octanol–water partition coefficient (Wildman–Crippen LogP) is 2.88. The molecule has 22 heavy (non-hydrogen) atoms. The van der Waals surface area contributed by atoms with Gasteiger partial charge in [0.2, 0.25) is 0 Å². The summed E-state index contributed by atoms with van der Waals surface area (Å²) in [4.78, 5) is 11.5. The largest absolute Gasteiger partial charge is 0.508 e. The monoisotopic (exact) mass is 297 g/mol. The maximum Gasteiger partial charge on any atom is 0.173 e. The molecule has 2 aromatic rings. The van der Waals surface area contributed by atoms with Gasteiger partial charge in [0.15, 0.2) is 17.3 Å². The van der Waals surface area contributed by atoms with Crippen molar-refractivity contribution in [2.75, 3.05) is 5.73 Å². The van der Waals surface area contributed by atoms with E-state index in [-0.39, 0.29) is 17.3 Å². The van der Waals surface area contributed by atoms with Crippen molar-refractivity contribution < 1.29 is 19.7 Å². The normalized spacial score (nSPS) is 16.9. The number of aromatic hydroxyl groups is 1. The van der Waals surface area contributed by atoms with Crippen LogP contribution in [0.15, 0.2) is 42.2 Å². The minimum absolute atomic E-state index is 0.0340. The van der Waals surface area contributed by atoms with E-state index in [1.807, 2.05) is 6.92 Å². The van der Waals surface area contributed by atoms with Gasteiger partial charge in [-0.1, -0.05) is 18.2 Å². The van der Waals surface area contributed by atoms with Gasteiger partial charge in [-0.2, -0.15) is 0 Å². The highest BCUT2D eigenvalue weighted by Gasteiger charge is 2.32. The molecule has 0 saturated heterocycles. The molecule has 0 radical (unpaired) electrons. The first-order valence-electron chi connectivity index (χ1n) is 6.77. The molecule has 0 bridgehead atoms. The number of phenols is 1. The number of carbonyl (C=O) groups excluding carboxylic acids is 1. The van der Waals surface area contributed by atoms with Crippen molar-refractivity contribution in [2.45, 2.75) is 12.8 Å².